The van der Waals surface area contributed by atoms with Gasteiger partial charge in [-0.25, -0.2) is 0 Å². The van der Waals surface area contributed by atoms with Crippen LogP contribution in [0.15, 0.2) is 66.2 Å². The Morgan fingerprint density at radius 3 is 2.52 bits per heavy atom. The summed E-state index contributed by atoms with van der Waals surface area (Å²) in [5.74, 6) is 0.200. The molecule has 2 aromatic carbocycles. The van der Waals surface area contributed by atoms with Gasteiger partial charge in [0.25, 0.3) is 5.91 Å². The van der Waals surface area contributed by atoms with Crippen LogP contribution < -0.4 is 4.90 Å². The van der Waals surface area contributed by atoms with Gasteiger partial charge in [-0.05, 0) is 36.5 Å². The molecule has 0 saturated heterocycles. The van der Waals surface area contributed by atoms with Gasteiger partial charge in [0.15, 0.2) is 0 Å². The highest BCUT2D eigenvalue weighted by Crippen LogP contribution is 2.29. The Bertz CT molecular complexity index is 782. The van der Waals surface area contributed by atoms with Gasteiger partial charge in [-0.15, -0.1) is 0 Å². The summed E-state index contributed by atoms with van der Waals surface area (Å²) < 4.78 is 0. The third kappa shape index (κ3) is 3.52. The Morgan fingerprint density at radius 2 is 1.72 bits per heavy atom. The molecule has 0 saturated carbocycles. The van der Waals surface area contributed by atoms with Gasteiger partial charge in [0.05, 0.1) is 0 Å². The first kappa shape index (κ1) is 16.1. The molecule has 0 bridgehead atoms. The van der Waals surface area contributed by atoms with Gasteiger partial charge in [0, 0.05) is 37.4 Å². The van der Waals surface area contributed by atoms with E-state index in [0.29, 0.717) is 0 Å². The van der Waals surface area contributed by atoms with Crippen LogP contribution in [0.1, 0.15) is 24.0 Å². The van der Waals surface area contributed by atoms with Crippen LogP contribution in [0.25, 0.3) is 0 Å². The molecule has 0 fully saturated rings. The summed E-state index contributed by atoms with van der Waals surface area (Å²) in [6, 6.07) is 18.9. The van der Waals surface area contributed by atoms with Crippen molar-refractivity contribution in [1.29, 1.82) is 0 Å². The molecule has 0 N–H and O–H groups in total. The number of benzene rings is 2. The van der Waals surface area contributed by atoms with Crippen LogP contribution in [-0.2, 0) is 17.8 Å². The van der Waals surface area contributed by atoms with E-state index in [0.717, 1.165) is 56.7 Å². The van der Waals surface area contributed by atoms with E-state index in [-0.39, 0.29) is 5.91 Å². The maximum atomic E-state index is 13.0. The molecular formula is C22H24N2O. The number of anilines is 1. The van der Waals surface area contributed by atoms with E-state index in [4.69, 9.17) is 0 Å². The molecule has 4 rings (SSSR count). The highest BCUT2D eigenvalue weighted by molar-refractivity contribution is 6.06. The van der Waals surface area contributed by atoms with Gasteiger partial charge < -0.3 is 4.90 Å². The summed E-state index contributed by atoms with van der Waals surface area (Å²) in [5, 5.41) is 0. The number of rotatable bonds is 3. The SMILES string of the molecule is O=C(C1=CCN(Cc2ccccc2)CC1)N1CCCc2ccccc21. The maximum Gasteiger partial charge on any atom is 0.253 e. The van der Waals surface area contributed by atoms with Crippen molar-refractivity contribution in [2.75, 3.05) is 24.5 Å². The smallest absolute Gasteiger partial charge is 0.253 e. The lowest BCUT2D eigenvalue weighted by molar-refractivity contribution is -0.115. The number of carbonyl (C=O) groups excluding carboxylic acids is 1. The minimum absolute atomic E-state index is 0.200. The fourth-order valence-corrected chi connectivity index (χ4v) is 3.81. The summed E-state index contributed by atoms with van der Waals surface area (Å²) >= 11 is 0. The highest BCUT2D eigenvalue weighted by atomic mass is 16.2. The van der Waals surface area contributed by atoms with Gasteiger partial charge in [-0.3, -0.25) is 9.69 Å². The van der Waals surface area contributed by atoms with Crippen molar-refractivity contribution in [3.63, 3.8) is 0 Å². The monoisotopic (exact) mass is 332 g/mol. The van der Waals surface area contributed by atoms with Crippen LogP contribution in [0.2, 0.25) is 0 Å². The zero-order valence-electron chi connectivity index (χ0n) is 14.5. The number of para-hydroxylation sites is 1. The molecule has 0 radical (unpaired) electrons. The minimum atomic E-state index is 0.200. The Hall–Kier alpha value is -2.39. The summed E-state index contributed by atoms with van der Waals surface area (Å²) in [4.78, 5) is 17.4. The molecule has 0 unspecified atom stereocenters. The zero-order valence-corrected chi connectivity index (χ0v) is 14.5. The second kappa shape index (κ2) is 7.24. The lowest BCUT2D eigenvalue weighted by Gasteiger charge is -2.32. The number of nitrogens with zero attached hydrogens (tertiary/aromatic N) is 2. The topological polar surface area (TPSA) is 23.6 Å². The largest absolute Gasteiger partial charge is 0.308 e. The summed E-state index contributed by atoms with van der Waals surface area (Å²) in [5.41, 5.74) is 4.70. The molecule has 2 aliphatic rings. The number of hydrogen-bond donors (Lipinski definition) is 0. The summed E-state index contributed by atoms with van der Waals surface area (Å²) in [6.45, 7) is 3.58. The summed E-state index contributed by atoms with van der Waals surface area (Å²) in [6.07, 6.45) is 5.09. The second-order valence-corrected chi connectivity index (χ2v) is 6.89. The van der Waals surface area contributed by atoms with E-state index in [2.05, 4.69) is 53.4 Å². The molecule has 1 amide bonds. The number of hydrogen-bond acceptors (Lipinski definition) is 2. The van der Waals surface area contributed by atoms with Crippen molar-refractivity contribution in [1.82, 2.24) is 4.90 Å². The first-order valence-corrected chi connectivity index (χ1v) is 9.16. The van der Waals surface area contributed by atoms with Gasteiger partial charge >= 0.3 is 0 Å². The first-order chi connectivity index (χ1) is 12.3. The van der Waals surface area contributed by atoms with Crippen molar-refractivity contribution >= 4 is 11.6 Å². The molecule has 0 atom stereocenters. The second-order valence-electron chi connectivity index (χ2n) is 6.89. The highest BCUT2D eigenvalue weighted by Gasteiger charge is 2.26. The van der Waals surface area contributed by atoms with Crippen LogP contribution in [0.3, 0.4) is 0 Å². The number of carbonyl (C=O) groups is 1. The van der Waals surface area contributed by atoms with Gasteiger partial charge in [-0.1, -0.05) is 54.6 Å². The van der Waals surface area contributed by atoms with E-state index in [1.807, 2.05) is 17.0 Å². The lowest BCUT2D eigenvalue weighted by atomic mass is 9.99. The maximum absolute atomic E-state index is 13.0. The molecular weight excluding hydrogens is 308 g/mol. The average molecular weight is 332 g/mol. The molecule has 128 valence electrons. The van der Waals surface area contributed by atoms with Crippen LogP contribution in [0.5, 0.6) is 0 Å². The molecule has 25 heavy (non-hydrogen) atoms. The Balaban J connectivity index is 1.44. The molecule has 0 aliphatic carbocycles. The van der Waals surface area contributed by atoms with Crippen molar-refractivity contribution in [2.45, 2.75) is 25.8 Å². The fraction of sp³-hybridized carbons (Fsp3) is 0.318. The Morgan fingerprint density at radius 1 is 0.920 bits per heavy atom. The first-order valence-electron chi connectivity index (χ1n) is 9.16. The third-order valence-corrected chi connectivity index (χ3v) is 5.17. The van der Waals surface area contributed by atoms with Crippen LogP contribution in [-0.4, -0.2) is 30.4 Å². The van der Waals surface area contributed by atoms with Crippen LogP contribution in [0.4, 0.5) is 5.69 Å². The zero-order chi connectivity index (χ0) is 17.1. The average Bonchev–Trinajstić information content (AvgIpc) is 2.68. The van der Waals surface area contributed by atoms with Crippen LogP contribution >= 0.6 is 0 Å². The Labute approximate surface area is 149 Å². The number of amides is 1. The van der Waals surface area contributed by atoms with E-state index in [9.17, 15) is 4.79 Å². The third-order valence-electron chi connectivity index (χ3n) is 5.17. The van der Waals surface area contributed by atoms with Crippen molar-refractivity contribution in [2.24, 2.45) is 0 Å². The van der Waals surface area contributed by atoms with E-state index in [1.54, 1.807) is 0 Å². The lowest BCUT2D eigenvalue weighted by Crippen LogP contribution is -2.39. The molecule has 2 aliphatic heterocycles. The molecule has 0 aromatic heterocycles. The normalized spacial score (nSPS) is 17.8. The van der Waals surface area contributed by atoms with E-state index < -0.39 is 0 Å². The van der Waals surface area contributed by atoms with Gasteiger partial charge in [0.1, 0.15) is 0 Å². The molecule has 3 heteroatoms. The molecule has 3 nitrogen and oxygen atoms in total. The van der Waals surface area contributed by atoms with Gasteiger partial charge in [-0.2, -0.15) is 0 Å². The predicted octanol–water partition coefficient (Wildman–Crippen LogP) is 3.80. The quantitative estimate of drug-likeness (QED) is 0.853. The van der Waals surface area contributed by atoms with E-state index >= 15 is 0 Å². The predicted molar refractivity (Wildman–Crippen MR) is 102 cm³/mol. The molecule has 2 aromatic rings. The summed E-state index contributed by atoms with van der Waals surface area (Å²) in [7, 11) is 0. The van der Waals surface area contributed by atoms with Gasteiger partial charge in [0.2, 0.25) is 0 Å². The number of aryl methyl sites for hydroxylation is 1. The van der Waals surface area contributed by atoms with Crippen molar-refractivity contribution in [3.05, 3.63) is 77.4 Å². The van der Waals surface area contributed by atoms with Crippen molar-refractivity contribution in [3.8, 4) is 0 Å². The molecule has 2 heterocycles. The standard InChI is InChI=1S/C22H24N2O/c25-22(24-14-6-10-19-9-4-5-11-21(19)24)20-12-15-23(16-13-20)17-18-7-2-1-3-8-18/h1-5,7-9,11-12H,6,10,13-17H2. The van der Waals surface area contributed by atoms with E-state index in [1.165, 1.54) is 11.1 Å². The Kier molecular flexibility index (Phi) is 4.66. The van der Waals surface area contributed by atoms with Crippen LogP contribution in [0, 0.1) is 0 Å². The molecule has 0 spiro atoms. The fourth-order valence-electron chi connectivity index (χ4n) is 3.81. The number of fused-ring (bicyclic) bond motifs is 1. The van der Waals surface area contributed by atoms with Crippen molar-refractivity contribution < 1.29 is 4.79 Å². The minimum Gasteiger partial charge on any atom is -0.308 e.